The van der Waals surface area contributed by atoms with Gasteiger partial charge in [0.05, 0.1) is 12.9 Å². The van der Waals surface area contributed by atoms with Crippen molar-refractivity contribution in [3.63, 3.8) is 0 Å². The summed E-state index contributed by atoms with van der Waals surface area (Å²) in [6, 6.07) is 3.68. The summed E-state index contributed by atoms with van der Waals surface area (Å²) >= 11 is 6.07. The summed E-state index contributed by atoms with van der Waals surface area (Å²) in [6.45, 7) is 4.08. The molecule has 0 amide bonds. The summed E-state index contributed by atoms with van der Waals surface area (Å²) in [5, 5.41) is 0.659. The Balaban J connectivity index is 2.70. The number of hydrogen-bond donors (Lipinski definition) is 1. The monoisotopic (exact) mass is 305 g/mol. The zero-order chi connectivity index (χ0) is 14.5. The van der Waals surface area contributed by atoms with E-state index in [9.17, 15) is 8.42 Å². The second kappa shape index (κ2) is 7.12. The van der Waals surface area contributed by atoms with Crippen LogP contribution in [0.5, 0.6) is 5.75 Å². The van der Waals surface area contributed by atoms with E-state index in [2.05, 4.69) is 4.72 Å². The van der Waals surface area contributed by atoms with E-state index in [1.54, 1.807) is 7.11 Å². The first-order valence-electron chi connectivity index (χ1n) is 6.20. The molecule has 19 heavy (non-hydrogen) atoms. The lowest BCUT2D eigenvalue weighted by molar-refractivity contribution is 0.409. The third-order valence-corrected chi connectivity index (χ3v) is 4.75. The van der Waals surface area contributed by atoms with Crippen molar-refractivity contribution in [2.75, 3.05) is 19.4 Å². The van der Waals surface area contributed by atoms with Gasteiger partial charge in [0.25, 0.3) is 0 Å². The molecule has 1 aromatic rings. The number of aryl methyl sites for hydroxylation is 1. The number of halogens is 1. The van der Waals surface area contributed by atoms with E-state index in [0.717, 1.165) is 16.9 Å². The fourth-order valence-electron chi connectivity index (χ4n) is 1.76. The molecule has 0 radical (unpaired) electrons. The van der Waals surface area contributed by atoms with Crippen LogP contribution < -0.4 is 9.46 Å². The SMILES string of the molecule is CCCS(=O)(=O)NCCc1cc(Cl)c(C)cc1OC. The van der Waals surface area contributed by atoms with Crippen LogP contribution in [-0.4, -0.2) is 27.8 Å². The molecule has 0 spiro atoms. The van der Waals surface area contributed by atoms with Crippen molar-refractivity contribution in [1.29, 1.82) is 0 Å². The van der Waals surface area contributed by atoms with Crippen LogP contribution in [0.2, 0.25) is 5.02 Å². The summed E-state index contributed by atoms with van der Waals surface area (Å²) in [5.41, 5.74) is 1.84. The summed E-state index contributed by atoms with van der Waals surface area (Å²) < 4.78 is 30.9. The first-order valence-corrected chi connectivity index (χ1v) is 8.23. The summed E-state index contributed by atoms with van der Waals surface area (Å²) in [4.78, 5) is 0. The lowest BCUT2D eigenvalue weighted by Gasteiger charge is -2.11. The van der Waals surface area contributed by atoms with Crippen LogP contribution in [0.25, 0.3) is 0 Å². The molecular weight excluding hydrogens is 286 g/mol. The van der Waals surface area contributed by atoms with Gasteiger partial charge in [-0.25, -0.2) is 13.1 Å². The van der Waals surface area contributed by atoms with Crippen molar-refractivity contribution < 1.29 is 13.2 Å². The lowest BCUT2D eigenvalue weighted by Crippen LogP contribution is -2.28. The Hall–Kier alpha value is -0.780. The van der Waals surface area contributed by atoms with Gasteiger partial charge in [0.1, 0.15) is 5.75 Å². The molecule has 0 bridgehead atoms. The predicted octanol–water partition coefficient (Wildman–Crippen LogP) is 2.53. The molecule has 1 rings (SSSR count). The maximum Gasteiger partial charge on any atom is 0.211 e. The number of benzene rings is 1. The lowest BCUT2D eigenvalue weighted by atomic mass is 10.1. The third-order valence-electron chi connectivity index (χ3n) is 2.75. The number of sulfonamides is 1. The Bertz CT molecular complexity index is 529. The molecule has 108 valence electrons. The van der Waals surface area contributed by atoms with Crippen molar-refractivity contribution in [3.05, 3.63) is 28.3 Å². The Morgan fingerprint density at radius 3 is 2.63 bits per heavy atom. The average Bonchev–Trinajstić information content (AvgIpc) is 2.33. The Morgan fingerprint density at radius 1 is 1.37 bits per heavy atom. The first-order chi connectivity index (χ1) is 8.89. The van der Waals surface area contributed by atoms with Crippen LogP contribution in [-0.2, 0) is 16.4 Å². The van der Waals surface area contributed by atoms with Crippen molar-refractivity contribution in [1.82, 2.24) is 4.72 Å². The number of methoxy groups -OCH3 is 1. The molecule has 4 nitrogen and oxygen atoms in total. The van der Waals surface area contributed by atoms with Gasteiger partial charge in [0.2, 0.25) is 10.0 Å². The Kier molecular flexibility index (Phi) is 6.10. The van der Waals surface area contributed by atoms with Crippen molar-refractivity contribution in [3.8, 4) is 5.75 Å². The van der Waals surface area contributed by atoms with Gasteiger partial charge in [0, 0.05) is 11.6 Å². The van der Waals surface area contributed by atoms with Gasteiger partial charge in [0.15, 0.2) is 0 Å². The molecule has 0 saturated carbocycles. The average molecular weight is 306 g/mol. The molecule has 0 aliphatic carbocycles. The quantitative estimate of drug-likeness (QED) is 0.842. The zero-order valence-corrected chi connectivity index (χ0v) is 13.1. The summed E-state index contributed by atoms with van der Waals surface area (Å²) in [5.74, 6) is 0.885. The highest BCUT2D eigenvalue weighted by Gasteiger charge is 2.10. The van der Waals surface area contributed by atoms with E-state index in [4.69, 9.17) is 16.3 Å². The first kappa shape index (κ1) is 16.3. The molecule has 0 saturated heterocycles. The minimum Gasteiger partial charge on any atom is -0.496 e. The van der Waals surface area contributed by atoms with E-state index >= 15 is 0 Å². The molecule has 0 aromatic heterocycles. The number of hydrogen-bond acceptors (Lipinski definition) is 3. The minimum atomic E-state index is -3.16. The number of nitrogens with one attached hydrogen (secondary N) is 1. The van der Waals surface area contributed by atoms with Crippen LogP contribution >= 0.6 is 11.6 Å². The van der Waals surface area contributed by atoms with Crippen LogP contribution in [0, 0.1) is 6.92 Å². The van der Waals surface area contributed by atoms with E-state index in [0.29, 0.717) is 24.4 Å². The van der Waals surface area contributed by atoms with Crippen molar-refractivity contribution in [2.24, 2.45) is 0 Å². The topological polar surface area (TPSA) is 55.4 Å². The standard InChI is InChI=1S/C13H20ClNO3S/c1-4-7-19(16,17)15-6-5-11-9-12(14)10(2)8-13(11)18-3/h8-9,15H,4-7H2,1-3H3. The van der Waals surface area contributed by atoms with E-state index < -0.39 is 10.0 Å². The summed E-state index contributed by atoms with van der Waals surface area (Å²) in [6.07, 6.45) is 1.15. The molecule has 0 heterocycles. The Labute approximate surface area is 120 Å². The second-order valence-corrected chi connectivity index (χ2v) is 6.71. The van der Waals surface area contributed by atoms with Gasteiger partial charge in [-0.3, -0.25) is 0 Å². The number of rotatable bonds is 7. The van der Waals surface area contributed by atoms with Crippen molar-refractivity contribution in [2.45, 2.75) is 26.7 Å². The van der Waals surface area contributed by atoms with Gasteiger partial charge in [-0.15, -0.1) is 0 Å². The second-order valence-electron chi connectivity index (χ2n) is 4.38. The predicted molar refractivity (Wildman–Crippen MR) is 78.5 cm³/mol. The third kappa shape index (κ3) is 5.01. The minimum absolute atomic E-state index is 0.152. The fourth-order valence-corrected chi connectivity index (χ4v) is 3.04. The normalized spacial score (nSPS) is 11.6. The molecular formula is C13H20ClNO3S. The zero-order valence-electron chi connectivity index (χ0n) is 11.5. The van der Waals surface area contributed by atoms with Crippen LogP contribution in [0.3, 0.4) is 0 Å². The molecule has 0 atom stereocenters. The highest BCUT2D eigenvalue weighted by Crippen LogP contribution is 2.26. The van der Waals surface area contributed by atoms with Crippen molar-refractivity contribution >= 4 is 21.6 Å². The van der Waals surface area contributed by atoms with E-state index in [-0.39, 0.29) is 5.75 Å². The summed E-state index contributed by atoms with van der Waals surface area (Å²) in [7, 11) is -1.57. The van der Waals surface area contributed by atoms with Gasteiger partial charge >= 0.3 is 0 Å². The maximum atomic E-state index is 11.5. The van der Waals surface area contributed by atoms with Gasteiger partial charge < -0.3 is 4.74 Å². The molecule has 0 aliphatic rings. The van der Waals surface area contributed by atoms with E-state index in [1.807, 2.05) is 26.0 Å². The molecule has 1 N–H and O–H groups in total. The van der Waals surface area contributed by atoms with Crippen LogP contribution in [0.4, 0.5) is 0 Å². The fraction of sp³-hybridized carbons (Fsp3) is 0.538. The van der Waals surface area contributed by atoms with Crippen LogP contribution in [0.1, 0.15) is 24.5 Å². The molecule has 1 aromatic carbocycles. The molecule has 0 aliphatic heterocycles. The molecule has 6 heteroatoms. The van der Waals surface area contributed by atoms with Gasteiger partial charge in [-0.1, -0.05) is 18.5 Å². The van der Waals surface area contributed by atoms with E-state index in [1.165, 1.54) is 0 Å². The Morgan fingerprint density at radius 2 is 2.05 bits per heavy atom. The largest absolute Gasteiger partial charge is 0.496 e. The molecule has 0 fully saturated rings. The van der Waals surface area contributed by atoms with Gasteiger partial charge in [-0.2, -0.15) is 0 Å². The van der Waals surface area contributed by atoms with Gasteiger partial charge in [-0.05, 0) is 43.0 Å². The smallest absolute Gasteiger partial charge is 0.211 e. The maximum absolute atomic E-state index is 11.5. The van der Waals surface area contributed by atoms with Crippen LogP contribution in [0.15, 0.2) is 12.1 Å². The highest BCUT2D eigenvalue weighted by molar-refractivity contribution is 7.89. The highest BCUT2D eigenvalue weighted by atomic mass is 35.5. The number of ether oxygens (including phenoxy) is 1. The molecule has 0 unspecified atom stereocenters.